The van der Waals surface area contributed by atoms with E-state index in [9.17, 15) is 0 Å². The Morgan fingerprint density at radius 3 is 2.88 bits per heavy atom. The van der Waals surface area contributed by atoms with Crippen LogP contribution in [0.1, 0.15) is 38.3 Å². The first-order valence-corrected chi connectivity index (χ1v) is 5.97. The molecular formula is C12H23N3O. The summed E-state index contributed by atoms with van der Waals surface area (Å²) in [6.45, 7) is 6.53. The van der Waals surface area contributed by atoms with Crippen molar-refractivity contribution in [3.05, 3.63) is 11.9 Å². The van der Waals surface area contributed by atoms with E-state index in [1.807, 2.05) is 11.7 Å². The highest BCUT2D eigenvalue weighted by Gasteiger charge is 2.15. The SMILES string of the molecule is CCCNCCC(C)c1c(OC)cnn1C. The first-order chi connectivity index (χ1) is 7.70. The molecule has 0 aliphatic rings. The Kier molecular flexibility index (Phi) is 5.32. The van der Waals surface area contributed by atoms with Crippen molar-refractivity contribution in [2.75, 3.05) is 20.2 Å². The molecule has 1 heterocycles. The number of aromatic nitrogens is 2. The number of aryl methyl sites for hydroxylation is 1. The van der Waals surface area contributed by atoms with Crippen LogP contribution in [0.2, 0.25) is 0 Å². The van der Waals surface area contributed by atoms with Gasteiger partial charge in [-0.15, -0.1) is 0 Å². The summed E-state index contributed by atoms with van der Waals surface area (Å²) in [5.41, 5.74) is 1.18. The van der Waals surface area contributed by atoms with E-state index >= 15 is 0 Å². The highest BCUT2D eigenvalue weighted by Crippen LogP contribution is 2.27. The molecule has 1 aromatic rings. The van der Waals surface area contributed by atoms with Gasteiger partial charge < -0.3 is 10.1 Å². The van der Waals surface area contributed by atoms with E-state index in [4.69, 9.17) is 4.74 Å². The molecule has 0 saturated heterocycles. The summed E-state index contributed by atoms with van der Waals surface area (Å²) >= 11 is 0. The van der Waals surface area contributed by atoms with Gasteiger partial charge in [0, 0.05) is 13.0 Å². The summed E-state index contributed by atoms with van der Waals surface area (Å²) in [6.07, 6.45) is 4.07. The molecule has 0 spiro atoms. The number of rotatable bonds is 7. The van der Waals surface area contributed by atoms with E-state index in [0.717, 1.165) is 25.3 Å². The van der Waals surface area contributed by atoms with Gasteiger partial charge in [0.1, 0.15) is 0 Å². The molecule has 0 radical (unpaired) electrons. The lowest BCUT2D eigenvalue weighted by molar-refractivity contribution is 0.402. The molecule has 1 unspecified atom stereocenters. The van der Waals surface area contributed by atoms with Gasteiger partial charge in [-0.2, -0.15) is 5.10 Å². The minimum atomic E-state index is 0.465. The van der Waals surface area contributed by atoms with E-state index in [1.54, 1.807) is 13.3 Å². The van der Waals surface area contributed by atoms with E-state index in [2.05, 4.69) is 24.3 Å². The van der Waals surface area contributed by atoms with Gasteiger partial charge in [0.2, 0.25) is 0 Å². The van der Waals surface area contributed by atoms with Crippen molar-refractivity contribution >= 4 is 0 Å². The lowest BCUT2D eigenvalue weighted by Crippen LogP contribution is -2.18. The van der Waals surface area contributed by atoms with E-state index in [1.165, 1.54) is 12.1 Å². The maximum atomic E-state index is 5.31. The topological polar surface area (TPSA) is 39.1 Å². The van der Waals surface area contributed by atoms with Crippen LogP contribution in [0.5, 0.6) is 5.75 Å². The molecule has 0 fully saturated rings. The zero-order valence-corrected chi connectivity index (χ0v) is 10.8. The van der Waals surface area contributed by atoms with Crippen LogP contribution in [0.25, 0.3) is 0 Å². The van der Waals surface area contributed by atoms with Crippen LogP contribution in [0.15, 0.2) is 6.20 Å². The summed E-state index contributed by atoms with van der Waals surface area (Å²) in [5, 5.41) is 7.64. The van der Waals surface area contributed by atoms with Crippen LogP contribution in [-0.4, -0.2) is 30.0 Å². The third kappa shape index (κ3) is 3.23. The number of nitrogens with zero attached hydrogens (tertiary/aromatic N) is 2. The largest absolute Gasteiger partial charge is 0.493 e. The maximum absolute atomic E-state index is 5.31. The Bertz CT molecular complexity index is 309. The zero-order valence-electron chi connectivity index (χ0n) is 10.8. The average Bonchev–Trinajstić information content (AvgIpc) is 2.65. The van der Waals surface area contributed by atoms with Crippen molar-refractivity contribution < 1.29 is 4.74 Å². The highest BCUT2D eigenvalue weighted by molar-refractivity contribution is 5.28. The molecule has 0 aliphatic heterocycles. The molecule has 1 N–H and O–H groups in total. The summed E-state index contributed by atoms with van der Waals surface area (Å²) < 4.78 is 7.22. The average molecular weight is 225 g/mol. The van der Waals surface area contributed by atoms with Crippen molar-refractivity contribution in [3.8, 4) is 5.75 Å². The van der Waals surface area contributed by atoms with Crippen LogP contribution in [-0.2, 0) is 7.05 Å². The minimum Gasteiger partial charge on any atom is -0.493 e. The first kappa shape index (κ1) is 13.0. The van der Waals surface area contributed by atoms with Gasteiger partial charge in [-0.05, 0) is 25.9 Å². The first-order valence-electron chi connectivity index (χ1n) is 5.97. The highest BCUT2D eigenvalue weighted by atomic mass is 16.5. The fourth-order valence-electron chi connectivity index (χ4n) is 1.90. The van der Waals surface area contributed by atoms with Crippen molar-refractivity contribution in [3.63, 3.8) is 0 Å². The fourth-order valence-corrected chi connectivity index (χ4v) is 1.90. The van der Waals surface area contributed by atoms with E-state index < -0.39 is 0 Å². The van der Waals surface area contributed by atoms with Crippen molar-refractivity contribution in [2.45, 2.75) is 32.6 Å². The van der Waals surface area contributed by atoms with Gasteiger partial charge >= 0.3 is 0 Å². The molecule has 1 atom stereocenters. The molecule has 16 heavy (non-hydrogen) atoms. The quantitative estimate of drug-likeness (QED) is 0.721. The van der Waals surface area contributed by atoms with Crippen molar-refractivity contribution in [1.29, 1.82) is 0 Å². The van der Waals surface area contributed by atoms with Crippen LogP contribution in [0.4, 0.5) is 0 Å². The third-order valence-corrected chi connectivity index (χ3v) is 2.82. The predicted molar refractivity (Wildman–Crippen MR) is 66.0 cm³/mol. The molecule has 1 rings (SSSR count). The number of hydrogen-bond donors (Lipinski definition) is 1. The normalized spacial score (nSPS) is 12.8. The molecule has 0 bridgehead atoms. The second-order valence-corrected chi connectivity index (χ2v) is 4.16. The maximum Gasteiger partial charge on any atom is 0.160 e. The van der Waals surface area contributed by atoms with Crippen LogP contribution >= 0.6 is 0 Å². The van der Waals surface area contributed by atoms with Crippen LogP contribution < -0.4 is 10.1 Å². The second kappa shape index (κ2) is 6.53. The van der Waals surface area contributed by atoms with Gasteiger partial charge in [-0.1, -0.05) is 13.8 Å². The molecule has 0 amide bonds. The van der Waals surface area contributed by atoms with Crippen LogP contribution in [0.3, 0.4) is 0 Å². The zero-order chi connectivity index (χ0) is 12.0. The van der Waals surface area contributed by atoms with Gasteiger partial charge in [0.15, 0.2) is 5.75 Å². The molecule has 4 heteroatoms. The van der Waals surface area contributed by atoms with E-state index in [0.29, 0.717) is 5.92 Å². The van der Waals surface area contributed by atoms with E-state index in [-0.39, 0.29) is 0 Å². The third-order valence-electron chi connectivity index (χ3n) is 2.82. The molecule has 0 aliphatic carbocycles. The van der Waals surface area contributed by atoms with Gasteiger partial charge in [0.05, 0.1) is 19.0 Å². The fraction of sp³-hybridized carbons (Fsp3) is 0.750. The summed E-state index contributed by atoms with van der Waals surface area (Å²) in [4.78, 5) is 0. The second-order valence-electron chi connectivity index (χ2n) is 4.16. The molecule has 0 aromatic carbocycles. The Morgan fingerprint density at radius 2 is 2.25 bits per heavy atom. The smallest absolute Gasteiger partial charge is 0.160 e. The number of methoxy groups -OCH3 is 1. The lowest BCUT2D eigenvalue weighted by atomic mass is 10.0. The Labute approximate surface area is 98.0 Å². The summed E-state index contributed by atoms with van der Waals surface area (Å²) in [7, 11) is 3.66. The Balaban J connectivity index is 2.51. The summed E-state index contributed by atoms with van der Waals surface area (Å²) in [6, 6.07) is 0. The van der Waals surface area contributed by atoms with Crippen LogP contribution in [0, 0.1) is 0 Å². The predicted octanol–water partition coefficient (Wildman–Crippen LogP) is 1.92. The lowest BCUT2D eigenvalue weighted by Gasteiger charge is -2.14. The Hall–Kier alpha value is -1.03. The van der Waals surface area contributed by atoms with Crippen molar-refractivity contribution in [2.24, 2.45) is 7.05 Å². The van der Waals surface area contributed by atoms with Gasteiger partial charge in [-0.25, -0.2) is 0 Å². The number of ether oxygens (including phenoxy) is 1. The molecule has 4 nitrogen and oxygen atoms in total. The van der Waals surface area contributed by atoms with Gasteiger partial charge in [0.25, 0.3) is 0 Å². The standard InChI is InChI=1S/C12H23N3O/c1-5-7-13-8-6-10(2)12-11(16-4)9-14-15(12)3/h9-10,13H,5-8H2,1-4H3. The molecule has 0 saturated carbocycles. The number of hydrogen-bond acceptors (Lipinski definition) is 3. The monoisotopic (exact) mass is 225 g/mol. The molecule has 1 aromatic heterocycles. The van der Waals surface area contributed by atoms with Crippen molar-refractivity contribution in [1.82, 2.24) is 15.1 Å². The Morgan fingerprint density at radius 1 is 1.50 bits per heavy atom. The minimum absolute atomic E-state index is 0.465. The molecule has 92 valence electrons. The molecular weight excluding hydrogens is 202 g/mol. The summed E-state index contributed by atoms with van der Waals surface area (Å²) in [5.74, 6) is 1.36. The van der Waals surface area contributed by atoms with Gasteiger partial charge in [-0.3, -0.25) is 4.68 Å². The number of nitrogens with one attached hydrogen (secondary N) is 1.